The van der Waals surface area contributed by atoms with Gasteiger partial charge in [0.25, 0.3) is 0 Å². The summed E-state index contributed by atoms with van der Waals surface area (Å²) in [5.41, 5.74) is 16.3. The number of benzene rings is 6. The van der Waals surface area contributed by atoms with E-state index in [1.54, 1.807) is 13.3 Å². The highest BCUT2D eigenvalue weighted by Gasteiger charge is 2.19. The lowest BCUT2D eigenvalue weighted by Crippen LogP contribution is -2.18. The molecule has 0 saturated carbocycles. The molecule has 0 amide bonds. The molecule has 0 aromatic heterocycles. The summed E-state index contributed by atoms with van der Waals surface area (Å²) in [4.78, 5) is 6.27. The van der Waals surface area contributed by atoms with Crippen LogP contribution in [0.15, 0.2) is 291 Å². The van der Waals surface area contributed by atoms with Crippen LogP contribution in [0, 0.1) is 0 Å². The number of likely N-dealkylation sites (N-methyl/N-ethyl adjacent to an activating group) is 1. The molecule has 0 bridgehead atoms. The van der Waals surface area contributed by atoms with E-state index in [1.807, 2.05) is 92.8 Å². The third kappa shape index (κ3) is 16.2. The molecule has 1 heterocycles. The van der Waals surface area contributed by atoms with Crippen LogP contribution in [-0.4, -0.2) is 19.8 Å². The third-order valence-corrected chi connectivity index (χ3v) is 12.1. The van der Waals surface area contributed by atoms with Crippen LogP contribution >= 0.6 is 0 Å². The van der Waals surface area contributed by atoms with Gasteiger partial charge in [0.15, 0.2) is 0 Å². The maximum Gasteiger partial charge on any atom is 0.0591 e. The Bertz CT molecular complexity index is 3010. The zero-order chi connectivity index (χ0) is 51.5. The Balaban J connectivity index is 0.000000297. The predicted octanol–water partition coefficient (Wildman–Crippen LogP) is 18.1. The maximum absolute atomic E-state index is 4.44. The summed E-state index contributed by atoms with van der Waals surface area (Å²) in [6.45, 7) is 19.8. The van der Waals surface area contributed by atoms with E-state index in [0.717, 1.165) is 79.5 Å². The topological polar surface area (TPSA) is 39.7 Å². The van der Waals surface area contributed by atoms with Gasteiger partial charge in [-0.25, -0.2) is 0 Å². The van der Waals surface area contributed by atoms with Crippen LogP contribution in [0.1, 0.15) is 72.9 Å². The highest BCUT2D eigenvalue weighted by Crippen LogP contribution is 2.39. The predicted molar refractivity (Wildman–Crippen MR) is 321 cm³/mol. The van der Waals surface area contributed by atoms with Gasteiger partial charge in [-0.05, 0) is 120 Å². The first kappa shape index (κ1) is 53.6. The quantitative estimate of drug-likeness (QED) is 0.0750. The molecule has 6 aromatic carbocycles. The van der Waals surface area contributed by atoms with Gasteiger partial charge in [-0.3, -0.25) is 4.99 Å². The first-order valence-corrected chi connectivity index (χ1v) is 25.1. The number of fused-ring (bicyclic) bond motifs is 1. The summed E-state index contributed by atoms with van der Waals surface area (Å²) in [5.74, 6) is 0.0537. The summed E-state index contributed by atoms with van der Waals surface area (Å²) in [5, 5.41) is 6.72. The number of anilines is 3. The molecule has 1 aliphatic carbocycles. The smallest absolute Gasteiger partial charge is 0.0591 e. The maximum atomic E-state index is 4.44. The van der Waals surface area contributed by atoms with Gasteiger partial charge in [-0.15, -0.1) is 0 Å². The van der Waals surface area contributed by atoms with Crippen molar-refractivity contribution in [2.45, 2.75) is 39.5 Å². The van der Waals surface area contributed by atoms with Crippen LogP contribution in [0.4, 0.5) is 17.1 Å². The highest BCUT2D eigenvalue weighted by molar-refractivity contribution is 5.91. The lowest BCUT2D eigenvalue weighted by Gasteiger charge is -2.27. The van der Waals surface area contributed by atoms with Crippen molar-refractivity contribution in [2.24, 2.45) is 4.99 Å². The fourth-order valence-corrected chi connectivity index (χ4v) is 8.20. The fourth-order valence-electron chi connectivity index (χ4n) is 8.20. The lowest BCUT2D eigenvalue weighted by atomic mass is 9.88. The molecule has 8 rings (SSSR count). The van der Waals surface area contributed by atoms with Crippen molar-refractivity contribution < 1.29 is 0 Å². The Morgan fingerprint density at radius 3 is 1.93 bits per heavy atom. The minimum atomic E-state index is 0.0537. The molecule has 4 heteroatoms. The van der Waals surface area contributed by atoms with E-state index in [0.29, 0.717) is 0 Å². The highest BCUT2D eigenvalue weighted by atomic mass is 15.1. The SMILES string of the molecule is C/C=C(Nc1ccccc1)\C(=C/C=NC)NCC.C1=CCCC=C1.C=C/C(=C\C(c1ccccc1)c1ccc(N2/C=C(c3ccc(C(=C)/C=C\C=C/C)cc3)\C=C/C(=C)c3ccccc32)cc1)c1ccccc1. The zero-order valence-electron chi connectivity index (χ0n) is 43.0. The Morgan fingerprint density at radius 1 is 0.699 bits per heavy atom. The van der Waals surface area contributed by atoms with Crippen molar-refractivity contribution in [2.75, 3.05) is 23.8 Å². The molecule has 4 nitrogen and oxygen atoms in total. The molecule has 2 aliphatic rings. The molecule has 1 atom stereocenters. The van der Waals surface area contributed by atoms with E-state index < -0.39 is 0 Å². The third-order valence-electron chi connectivity index (χ3n) is 12.1. The average molecular weight is 955 g/mol. The number of aliphatic imine (C=N–C) groups is 1. The molecule has 0 spiro atoms. The van der Waals surface area contributed by atoms with E-state index in [2.05, 4.69) is 223 Å². The van der Waals surface area contributed by atoms with Gasteiger partial charge in [0.05, 0.1) is 17.1 Å². The first-order chi connectivity index (χ1) is 35.9. The molecule has 0 fully saturated rings. The number of nitrogens with zero attached hydrogens (tertiary/aromatic N) is 2. The minimum Gasteiger partial charge on any atom is -0.384 e. The normalized spacial score (nSPS) is 15.2. The van der Waals surface area contributed by atoms with Crippen molar-refractivity contribution in [3.05, 3.63) is 320 Å². The molecule has 6 aromatic rings. The van der Waals surface area contributed by atoms with E-state index in [4.69, 9.17) is 0 Å². The summed E-state index contributed by atoms with van der Waals surface area (Å²) in [6, 6.07) is 57.2. The van der Waals surface area contributed by atoms with Crippen LogP contribution in [0.5, 0.6) is 0 Å². The molecule has 1 unspecified atom stereocenters. The Kier molecular flexibility index (Phi) is 21.6. The van der Waals surface area contributed by atoms with Crippen LogP contribution in [-0.2, 0) is 0 Å². The van der Waals surface area contributed by atoms with Crippen LogP contribution in [0.3, 0.4) is 0 Å². The van der Waals surface area contributed by atoms with E-state index in [1.165, 1.54) is 24.0 Å². The fraction of sp³-hybridized carbons (Fsp3) is 0.116. The second-order valence-corrected chi connectivity index (χ2v) is 17.1. The molecule has 73 heavy (non-hydrogen) atoms. The van der Waals surface area contributed by atoms with Gasteiger partial charge >= 0.3 is 0 Å². The summed E-state index contributed by atoms with van der Waals surface area (Å²) >= 11 is 0. The van der Waals surface area contributed by atoms with Crippen molar-refractivity contribution in [1.82, 2.24) is 5.32 Å². The molecule has 366 valence electrons. The first-order valence-electron chi connectivity index (χ1n) is 25.1. The van der Waals surface area contributed by atoms with Gasteiger partial charge in [-0.1, -0.05) is 232 Å². The molecular formula is C69H70N4. The van der Waals surface area contributed by atoms with Gasteiger partial charge in [0, 0.05) is 48.9 Å². The number of nitrogens with one attached hydrogen (secondary N) is 2. The minimum absolute atomic E-state index is 0.0537. The molecule has 1 aliphatic heterocycles. The number of hydrogen-bond donors (Lipinski definition) is 2. The van der Waals surface area contributed by atoms with Gasteiger partial charge in [0.2, 0.25) is 0 Å². The number of allylic oxidation sites excluding steroid dienone is 18. The van der Waals surface area contributed by atoms with Crippen molar-refractivity contribution >= 4 is 45.6 Å². The van der Waals surface area contributed by atoms with Gasteiger partial charge < -0.3 is 15.5 Å². The number of para-hydroxylation sites is 2. The van der Waals surface area contributed by atoms with Gasteiger partial charge in [-0.2, -0.15) is 0 Å². The number of hydrogen-bond acceptors (Lipinski definition) is 4. The van der Waals surface area contributed by atoms with E-state index in [9.17, 15) is 0 Å². The van der Waals surface area contributed by atoms with Crippen LogP contribution < -0.4 is 15.5 Å². The largest absolute Gasteiger partial charge is 0.384 e. The molecule has 0 saturated heterocycles. The molecular weight excluding hydrogens is 885 g/mol. The molecule has 2 N–H and O–H groups in total. The number of rotatable bonds is 16. The molecule has 0 radical (unpaired) electrons. The second kappa shape index (κ2) is 29.5. The lowest BCUT2D eigenvalue weighted by molar-refractivity contribution is 0.864. The van der Waals surface area contributed by atoms with Crippen molar-refractivity contribution in [3.63, 3.8) is 0 Å². The Morgan fingerprint density at radius 2 is 1.33 bits per heavy atom. The van der Waals surface area contributed by atoms with E-state index >= 15 is 0 Å². The van der Waals surface area contributed by atoms with Gasteiger partial charge in [0.1, 0.15) is 0 Å². The summed E-state index contributed by atoms with van der Waals surface area (Å²) < 4.78 is 0. The van der Waals surface area contributed by atoms with Crippen molar-refractivity contribution in [1.29, 1.82) is 0 Å². The standard InChI is InChI=1S/C48H41N.C15H21N3.C6H8/c1-5-7-10-17-36(3)39-26-28-41(29-27-39)44-25-24-37(4)46-22-15-16-23-48(46)49(35-44)45-32-30-43(31-33-45)47(42-20-13-9-14-21-42)34-38(6-2)40-18-11-8-12-19-40;1-4-14(15(17-5-2)11-12-16-3)18-13-9-7-6-8-10-13;1-2-4-6-5-3-1/h5-35,47H,2-4H2,1H3;4,6-12,17-18H,5H2,1-3H3;1-4H,5-6H2/b7-5-,17-10-,25-24-,38-34+,44-35+;14-4+,15-11+,16-12?;. The van der Waals surface area contributed by atoms with Crippen LogP contribution in [0.2, 0.25) is 0 Å². The van der Waals surface area contributed by atoms with Crippen LogP contribution in [0.25, 0.3) is 22.3 Å². The second-order valence-electron chi connectivity index (χ2n) is 17.1. The Labute approximate surface area is 436 Å². The van der Waals surface area contributed by atoms with Crippen molar-refractivity contribution in [3.8, 4) is 0 Å². The summed E-state index contributed by atoms with van der Waals surface area (Å²) in [7, 11) is 1.76. The summed E-state index contributed by atoms with van der Waals surface area (Å²) in [6.07, 6.45) is 35.6. The van der Waals surface area contributed by atoms with E-state index in [-0.39, 0.29) is 5.92 Å². The monoisotopic (exact) mass is 955 g/mol. The zero-order valence-corrected chi connectivity index (χ0v) is 43.0. The average Bonchev–Trinajstić information content (AvgIpc) is 3.45. The Hall–Kier alpha value is -8.73.